The van der Waals surface area contributed by atoms with Crippen LogP contribution in [0.5, 0.6) is 11.5 Å². The minimum atomic E-state index is -0.299. The number of carbonyl (C=O) groups excluding carboxylic acids is 1. The molecule has 6 heteroatoms. The second kappa shape index (κ2) is 9.50. The molecule has 0 aliphatic rings. The SMILES string of the molecule is CCCCN(C)c1cnc(C(=O)Nc2ccc(Oc3ccccc3)cc2)cn1. The summed E-state index contributed by atoms with van der Waals surface area (Å²) in [5.41, 5.74) is 0.939. The number of nitrogens with zero attached hydrogens (tertiary/aromatic N) is 3. The maximum Gasteiger partial charge on any atom is 0.275 e. The van der Waals surface area contributed by atoms with Gasteiger partial charge in [-0.05, 0) is 42.8 Å². The van der Waals surface area contributed by atoms with Crippen LogP contribution in [0.15, 0.2) is 67.0 Å². The van der Waals surface area contributed by atoms with Crippen LogP contribution in [0.4, 0.5) is 11.5 Å². The van der Waals surface area contributed by atoms with E-state index in [1.165, 1.54) is 6.20 Å². The molecule has 3 rings (SSSR count). The number of ether oxygens (including phenoxy) is 1. The zero-order chi connectivity index (χ0) is 19.8. The number of para-hydroxylation sites is 1. The van der Waals surface area contributed by atoms with Crippen molar-refractivity contribution in [3.05, 3.63) is 72.7 Å². The van der Waals surface area contributed by atoms with Gasteiger partial charge in [-0.25, -0.2) is 9.97 Å². The molecule has 2 aromatic carbocycles. The number of aromatic nitrogens is 2. The van der Waals surface area contributed by atoms with Crippen LogP contribution in [0.2, 0.25) is 0 Å². The lowest BCUT2D eigenvalue weighted by molar-refractivity contribution is 0.102. The Bertz CT molecular complexity index is 881. The number of anilines is 2. The Balaban J connectivity index is 1.58. The van der Waals surface area contributed by atoms with Crippen LogP contribution in [-0.2, 0) is 0 Å². The average molecular weight is 376 g/mol. The number of nitrogens with one attached hydrogen (secondary N) is 1. The second-order valence-corrected chi connectivity index (χ2v) is 6.43. The van der Waals surface area contributed by atoms with E-state index in [0.29, 0.717) is 11.4 Å². The van der Waals surface area contributed by atoms with E-state index in [2.05, 4.69) is 22.2 Å². The van der Waals surface area contributed by atoms with Crippen LogP contribution < -0.4 is 15.0 Å². The van der Waals surface area contributed by atoms with Gasteiger partial charge < -0.3 is 15.0 Å². The van der Waals surface area contributed by atoms with Gasteiger partial charge >= 0.3 is 0 Å². The molecule has 0 bridgehead atoms. The van der Waals surface area contributed by atoms with Crippen molar-refractivity contribution in [2.24, 2.45) is 0 Å². The first kappa shape index (κ1) is 19.4. The molecule has 1 aromatic heterocycles. The Morgan fingerprint density at radius 2 is 1.71 bits per heavy atom. The smallest absolute Gasteiger partial charge is 0.275 e. The predicted molar refractivity (Wildman–Crippen MR) is 111 cm³/mol. The molecule has 0 saturated heterocycles. The molecule has 3 aromatic rings. The lowest BCUT2D eigenvalue weighted by Gasteiger charge is -2.17. The zero-order valence-corrected chi connectivity index (χ0v) is 16.1. The van der Waals surface area contributed by atoms with Gasteiger partial charge in [0.1, 0.15) is 23.0 Å². The Morgan fingerprint density at radius 3 is 2.36 bits per heavy atom. The monoisotopic (exact) mass is 376 g/mol. The van der Waals surface area contributed by atoms with Crippen molar-refractivity contribution < 1.29 is 9.53 Å². The first-order chi connectivity index (χ1) is 13.7. The van der Waals surface area contributed by atoms with Crippen LogP contribution in [0.25, 0.3) is 0 Å². The molecule has 6 nitrogen and oxygen atoms in total. The molecular formula is C22H24N4O2. The lowest BCUT2D eigenvalue weighted by atomic mass is 10.3. The molecule has 0 saturated carbocycles. The number of rotatable bonds is 8. The van der Waals surface area contributed by atoms with E-state index in [9.17, 15) is 4.79 Å². The fourth-order valence-corrected chi connectivity index (χ4v) is 2.57. The highest BCUT2D eigenvalue weighted by Gasteiger charge is 2.10. The highest BCUT2D eigenvalue weighted by Crippen LogP contribution is 2.22. The van der Waals surface area contributed by atoms with Crippen molar-refractivity contribution in [2.45, 2.75) is 19.8 Å². The molecule has 28 heavy (non-hydrogen) atoms. The summed E-state index contributed by atoms with van der Waals surface area (Å²) in [4.78, 5) is 23.0. The van der Waals surface area contributed by atoms with E-state index in [0.717, 1.165) is 31.0 Å². The fourth-order valence-electron chi connectivity index (χ4n) is 2.57. The summed E-state index contributed by atoms with van der Waals surface area (Å²) in [6.07, 6.45) is 5.33. The van der Waals surface area contributed by atoms with Crippen LogP contribution in [0, 0.1) is 0 Å². The van der Waals surface area contributed by atoms with Crippen molar-refractivity contribution in [3.63, 3.8) is 0 Å². The molecule has 0 aliphatic carbocycles. The molecule has 1 N–H and O–H groups in total. The first-order valence-corrected chi connectivity index (χ1v) is 9.33. The average Bonchev–Trinajstić information content (AvgIpc) is 2.74. The quantitative estimate of drug-likeness (QED) is 0.614. The molecule has 0 radical (unpaired) electrons. The summed E-state index contributed by atoms with van der Waals surface area (Å²) in [5, 5.41) is 2.82. The maximum atomic E-state index is 12.4. The molecule has 1 amide bonds. The van der Waals surface area contributed by atoms with Crippen molar-refractivity contribution in [2.75, 3.05) is 23.8 Å². The molecule has 0 fully saturated rings. The van der Waals surface area contributed by atoms with Crippen molar-refractivity contribution in [1.82, 2.24) is 9.97 Å². The Morgan fingerprint density at radius 1 is 1.00 bits per heavy atom. The number of unbranched alkanes of at least 4 members (excludes halogenated alkanes) is 1. The van der Waals surface area contributed by atoms with E-state index < -0.39 is 0 Å². The van der Waals surface area contributed by atoms with Gasteiger partial charge in [-0.3, -0.25) is 4.79 Å². The first-order valence-electron chi connectivity index (χ1n) is 9.33. The normalized spacial score (nSPS) is 10.4. The summed E-state index contributed by atoms with van der Waals surface area (Å²) in [6.45, 7) is 3.06. The predicted octanol–water partition coefficient (Wildman–Crippen LogP) is 4.76. The number of hydrogen-bond acceptors (Lipinski definition) is 5. The van der Waals surface area contributed by atoms with E-state index >= 15 is 0 Å². The summed E-state index contributed by atoms with van der Waals surface area (Å²) >= 11 is 0. The summed E-state index contributed by atoms with van der Waals surface area (Å²) in [5.74, 6) is 1.92. The third-order valence-corrected chi connectivity index (χ3v) is 4.20. The molecule has 0 atom stereocenters. The topological polar surface area (TPSA) is 67.4 Å². The second-order valence-electron chi connectivity index (χ2n) is 6.43. The highest BCUT2D eigenvalue weighted by molar-refractivity contribution is 6.02. The lowest BCUT2D eigenvalue weighted by Crippen LogP contribution is -2.21. The van der Waals surface area contributed by atoms with Gasteiger partial charge in [0.05, 0.1) is 12.4 Å². The van der Waals surface area contributed by atoms with Gasteiger partial charge in [0.15, 0.2) is 0 Å². The minimum Gasteiger partial charge on any atom is -0.457 e. The van der Waals surface area contributed by atoms with E-state index in [-0.39, 0.29) is 11.6 Å². The third-order valence-electron chi connectivity index (χ3n) is 4.20. The van der Waals surface area contributed by atoms with E-state index in [1.807, 2.05) is 42.3 Å². The molecular weight excluding hydrogens is 352 g/mol. The molecule has 0 unspecified atom stereocenters. The van der Waals surface area contributed by atoms with Crippen LogP contribution in [-0.4, -0.2) is 29.5 Å². The third kappa shape index (κ3) is 5.30. The molecule has 1 heterocycles. The van der Waals surface area contributed by atoms with Crippen LogP contribution in [0.1, 0.15) is 30.3 Å². The van der Waals surface area contributed by atoms with Crippen molar-refractivity contribution >= 4 is 17.4 Å². The van der Waals surface area contributed by atoms with Crippen LogP contribution in [0.3, 0.4) is 0 Å². The van der Waals surface area contributed by atoms with Gasteiger partial charge in [-0.1, -0.05) is 31.5 Å². The Hall–Kier alpha value is -3.41. The van der Waals surface area contributed by atoms with Gasteiger partial charge in [0.2, 0.25) is 0 Å². The summed E-state index contributed by atoms with van der Waals surface area (Å²) in [7, 11) is 1.97. The standard InChI is InChI=1S/C22H24N4O2/c1-3-4-14-26(2)21-16-23-20(15-24-21)22(27)25-17-10-12-19(13-11-17)28-18-8-6-5-7-9-18/h5-13,15-16H,3-4,14H2,1-2H3,(H,25,27). The van der Waals surface area contributed by atoms with E-state index in [4.69, 9.17) is 4.74 Å². The Kier molecular flexibility index (Phi) is 6.57. The number of hydrogen-bond donors (Lipinski definition) is 1. The Labute approximate surface area is 165 Å². The van der Waals surface area contributed by atoms with Gasteiger partial charge in [-0.15, -0.1) is 0 Å². The van der Waals surface area contributed by atoms with Crippen molar-refractivity contribution in [1.29, 1.82) is 0 Å². The van der Waals surface area contributed by atoms with Gasteiger partial charge in [0.25, 0.3) is 5.91 Å². The number of carbonyl (C=O) groups is 1. The van der Waals surface area contributed by atoms with E-state index in [1.54, 1.807) is 30.5 Å². The molecule has 144 valence electrons. The zero-order valence-electron chi connectivity index (χ0n) is 16.1. The van der Waals surface area contributed by atoms with Crippen molar-refractivity contribution in [3.8, 4) is 11.5 Å². The minimum absolute atomic E-state index is 0.275. The highest BCUT2D eigenvalue weighted by atomic mass is 16.5. The summed E-state index contributed by atoms with van der Waals surface area (Å²) in [6, 6.07) is 16.7. The van der Waals surface area contributed by atoms with Gasteiger partial charge in [0, 0.05) is 19.3 Å². The fraction of sp³-hybridized carbons (Fsp3) is 0.227. The molecule has 0 spiro atoms. The van der Waals surface area contributed by atoms with Crippen LogP contribution >= 0.6 is 0 Å². The summed E-state index contributed by atoms with van der Waals surface area (Å²) < 4.78 is 5.75. The number of amides is 1. The molecule has 0 aliphatic heterocycles. The number of benzene rings is 2. The van der Waals surface area contributed by atoms with Gasteiger partial charge in [-0.2, -0.15) is 0 Å². The maximum absolute atomic E-state index is 12.4. The largest absolute Gasteiger partial charge is 0.457 e.